The van der Waals surface area contributed by atoms with Crippen molar-refractivity contribution in [2.45, 2.75) is 76.5 Å². The van der Waals surface area contributed by atoms with Crippen LogP contribution in [0.3, 0.4) is 0 Å². The summed E-state index contributed by atoms with van der Waals surface area (Å²) in [4.78, 5) is 82.8. The number of Topliss-reactive ketones (excluding diaryl/α,β-unsaturated/α-hetero) is 1. The number of carbonyl (C=O) groups excluding carboxylic acids is 5. The molecule has 4 amide bonds. The smallest absolute Gasteiger partial charge is 0.286 e. The average Bonchev–Trinajstić information content (AvgIpc) is 3.71. The van der Waals surface area contributed by atoms with Crippen LogP contribution in [0.15, 0.2) is 35.8 Å². The number of nitrogens with two attached hydrogens (primary N) is 1. The van der Waals surface area contributed by atoms with Crippen LogP contribution in [-0.4, -0.2) is 94.2 Å². The molecule has 0 radical (unpaired) electrons. The lowest BCUT2D eigenvalue weighted by Crippen LogP contribution is -2.50. The van der Waals surface area contributed by atoms with E-state index in [1.165, 1.54) is 40.4 Å². The van der Waals surface area contributed by atoms with Gasteiger partial charge in [-0.05, 0) is 32.3 Å². The number of aliphatic imine (C=N–C) groups is 1. The summed E-state index contributed by atoms with van der Waals surface area (Å²) in [6, 6.07) is -0.260. The lowest BCUT2D eigenvalue weighted by atomic mass is 9.85. The van der Waals surface area contributed by atoms with E-state index < -0.39 is 53.6 Å². The molecule has 2 atom stereocenters. The fraction of sp³-hybridized carbons (Fsp3) is 0.500. The number of rotatable bonds is 10. The molecule has 1 aliphatic heterocycles. The topological polar surface area (TPSA) is 229 Å². The Labute approximate surface area is 263 Å². The average molecular weight is 633 g/mol. The Kier molecular flexibility index (Phi) is 9.55. The van der Waals surface area contributed by atoms with Crippen LogP contribution in [0, 0.1) is 5.92 Å². The van der Waals surface area contributed by atoms with Gasteiger partial charge in [0.25, 0.3) is 17.7 Å². The van der Waals surface area contributed by atoms with E-state index in [1.54, 1.807) is 13.8 Å². The van der Waals surface area contributed by atoms with Crippen LogP contribution in [0.1, 0.15) is 80.9 Å². The zero-order valence-corrected chi connectivity index (χ0v) is 25.6. The number of nitrogens with zero attached hydrogens (tertiary/aromatic N) is 8. The third-order valence-corrected chi connectivity index (χ3v) is 8.38. The number of amides is 4. The van der Waals surface area contributed by atoms with E-state index in [9.17, 15) is 29.1 Å². The highest BCUT2D eigenvalue weighted by atomic mass is 16.3. The molecular formula is C30H36N10O6. The van der Waals surface area contributed by atoms with Crippen molar-refractivity contribution in [3.8, 4) is 0 Å². The molecule has 1 saturated heterocycles. The van der Waals surface area contributed by atoms with E-state index in [0.717, 1.165) is 32.1 Å². The highest BCUT2D eigenvalue weighted by molar-refractivity contribution is 6.41. The number of aliphatic hydroxyl groups is 1. The van der Waals surface area contributed by atoms with Gasteiger partial charge >= 0.3 is 0 Å². The SMILES string of the molecule is CC(C)(O)c1cnnn1[C@H]1C[C@@H](C(=O)NCC(=O)C(N)=O)N(C(=O)C(CC2CCCCC2)=NC(=O)c2ccnc3nccnc23)C1. The van der Waals surface area contributed by atoms with Gasteiger partial charge < -0.3 is 21.1 Å². The summed E-state index contributed by atoms with van der Waals surface area (Å²) >= 11 is 0. The first-order valence-electron chi connectivity index (χ1n) is 15.2. The molecule has 2 fully saturated rings. The number of fused-ring (bicyclic) bond motifs is 1. The lowest BCUT2D eigenvalue weighted by Gasteiger charge is -2.27. The molecule has 0 spiro atoms. The van der Waals surface area contributed by atoms with Gasteiger partial charge in [0.2, 0.25) is 11.7 Å². The minimum atomic E-state index is -1.33. The van der Waals surface area contributed by atoms with E-state index in [2.05, 4.69) is 35.6 Å². The minimum absolute atomic E-state index is 0.0151. The van der Waals surface area contributed by atoms with Crippen molar-refractivity contribution in [3.63, 3.8) is 0 Å². The molecule has 5 rings (SSSR count). The summed E-state index contributed by atoms with van der Waals surface area (Å²) < 4.78 is 1.47. The molecule has 3 aromatic heterocycles. The summed E-state index contributed by atoms with van der Waals surface area (Å²) in [5, 5.41) is 21.2. The number of carbonyl (C=O) groups is 5. The van der Waals surface area contributed by atoms with Crippen molar-refractivity contribution in [1.29, 1.82) is 0 Å². The second-order valence-electron chi connectivity index (χ2n) is 12.1. The normalized spacial score (nSPS) is 19.3. The zero-order valence-electron chi connectivity index (χ0n) is 25.6. The van der Waals surface area contributed by atoms with Crippen LogP contribution in [0.2, 0.25) is 0 Å². The molecule has 2 aliphatic rings. The van der Waals surface area contributed by atoms with E-state index in [4.69, 9.17) is 5.73 Å². The Hall–Kier alpha value is -4.99. The monoisotopic (exact) mass is 632 g/mol. The first-order valence-corrected chi connectivity index (χ1v) is 15.2. The van der Waals surface area contributed by atoms with Gasteiger partial charge in [0.1, 0.15) is 22.9 Å². The van der Waals surface area contributed by atoms with Gasteiger partial charge in [-0.3, -0.25) is 29.0 Å². The number of hydrogen-bond acceptors (Lipinski definition) is 11. The number of nitrogens with one attached hydrogen (secondary N) is 1. The van der Waals surface area contributed by atoms with E-state index in [-0.39, 0.29) is 47.7 Å². The van der Waals surface area contributed by atoms with Gasteiger partial charge in [0.15, 0.2) is 5.65 Å². The maximum Gasteiger partial charge on any atom is 0.286 e. The molecule has 1 aliphatic carbocycles. The Morgan fingerprint density at radius 3 is 2.50 bits per heavy atom. The molecule has 0 bridgehead atoms. The summed E-state index contributed by atoms with van der Waals surface area (Å²) in [7, 11) is 0. The predicted octanol–water partition coefficient (Wildman–Crippen LogP) is 0.408. The largest absolute Gasteiger partial charge is 0.384 e. The molecule has 1 saturated carbocycles. The van der Waals surface area contributed by atoms with Crippen molar-refractivity contribution < 1.29 is 29.1 Å². The Bertz CT molecular complexity index is 1690. The van der Waals surface area contributed by atoms with Crippen molar-refractivity contribution in [3.05, 3.63) is 42.1 Å². The zero-order chi connectivity index (χ0) is 33.0. The second kappa shape index (κ2) is 13.6. The number of hydrogen-bond donors (Lipinski definition) is 3. The summed E-state index contributed by atoms with van der Waals surface area (Å²) in [5.41, 5.74) is 4.69. The van der Waals surface area contributed by atoms with Crippen molar-refractivity contribution >= 4 is 46.3 Å². The molecular weight excluding hydrogens is 596 g/mol. The molecule has 242 valence electrons. The van der Waals surface area contributed by atoms with Crippen molar-refractivity contribution in [1.82, 2.24) is 40.2 Å². The fourth-order valence-electron chi connectivity index (χ4n) is 6.03. The first kappa shape index (κ1) is 32.4. The number of pyridine rings is 1. The first-order chi connectivity index (χ1) is 21.9. The molecule has 3 aromatic rings. The Balaban J connectivity index is 1.51. The van der Waals surface area contributed by atoms with Crippen LogP contribution in [0.5, 0.6) is 0 Å². The maximum absolute atomic E-state index is 14.4. The maximum atomic E-state index is 14.4. The Morgan fingerprint density at radius 1 is 1.07 bits per heavy atom. The fourth-order valence-corrected chi connectivity index (χ4v) is 6.03. The number of ketones is 1. The third-order valence-electron chi connectivity index (χ3n) is 8.38. The van der Waals surface area contributed by atoms with Crippen LogP contribution in [-0.2, 0) is 24.8 Å². The quantitative estimate of drug-likeness (QED) is 0.205. The van der Waals surface area contributed by atoms with Crippen LogP contribution in [0.4, 0.5) is 0 Å². The van der Waals surface area contributed by atoms with Gasteiger partial charge in [-0.1, -0.05) is 37.3 Å². The highest BCUT2D eigenvalue weighted by Crippen LogP contribution is 2.33. The Morgan fingerprint density at radius 2 is 1.78 bits per heavy atom. The molecule has 0 aromatic carbocycles. The number of primary amides is 1. The summed E-state index contributed by atoms with van der Waals surface area (Å²) in [6.07, 6.45) is 10.7. The molecule has 0 unspecified atom stereocenters. The summed E-state index contributed by atoms with van der Waals surface area (Å²) in [5.74, 6) is -4.13. The second-order valence-corrected chi connectivity index (χ2v) is 12.1. The number of likely N-dealkylation sites (tertiary alicyclic amines) is 1. The van der Waals surface area contributed by atoms with Crippen LogP contribution < -0.4 is 11.1 Å². The van der Waals surface area contributed by atoms with E-state index >= 15 is 0 Å². The van der Waals surface area contributed by atoms with Gasteiger partial charge in [-0.2, -0.15) is 0 Å². The van der Waals surface area contributed by atoms with Gasteiger partial charge in [0.05, 0.1) is 30.0 Å². The number of aromatic nitrogens is 6. The van der Waals surface area contributed by atoms with Crippen LogP contribution >= 0.6 is 0 Å². The van der Waals surface area contributed by atoms with Crippen LogP contribution in [0.25, 0.3) is 11.2 Å². The van der Waals surface area contributed by atoms with E-state index in [0.29, 0.717) is 5.69 Å². The standard InChI is InChI=1S/C30H36N10O6/c1-30(2,46)23-15-36-38-40(23)18-13-21(28(44)35-14-22(41)25(31)42)39(16-18)29(45)20(12-17-6-4-3-5-7-17)37-27(43)19-8-9-33-26-24(19)32-10-11-34-26/h8-11,15,17-18,21,46H,3-7,12-14,16H2,1-2H3,(H2,31,42)(H,35,44)/t18-,21-/m0/s1. The lowest BCUT2D eigenvalue weighted by molar-refractivity contribution is -0.137. The van der Waals surface area contributed by atoms with Gasteiger partial charge in [-0.25, -0.2) is 19.6 Å². The summed E-state index contributed by atoms with van der Waals surface area (Å²) in [6.45, 7) is 2.45. The third kappa shape index (κ3) is 7.11. The predicted molar refractivity (Wildman–Crippen MR) is 162 cm³/mol. The minimum Gasteiger partial charge on any atom is -0.384 e. The van der Waals surface area contributed by atoms with Gasteiger partial charge in [-0.15, -0.1) is 5.10 Å². The highest BCUT2D eigenvalue weighted by Gasteiger charge is 2.44. The molecule has 16 heteroatoms. The van der Waals surface area contributed by atoms with Crippen molar-refractivity contribution in [2.24, 2.45) is 16.6 Å². The molecule has 4 heterocycles. The van der Waals surface area contributed by atoms with Crippen molar-refractivity contribution in [2.75, 3.05) is 13.1 Å². The van der Waals surface area contributed by atoms with E-state index in [1.807, 2.05) is 0 Å². The molecule has 16 nitrogen and oxygen atoms in total. The molecule has 46 heavy (non-hydrogen) atoms. The van der Waals surface area contributed by atoms with Gasteiger partial charge in [0, 0.05) is 31.6 Å². The molecule has 4 N–H and O–H groups in total.